The molecule has 1 fully saturated rings. The van der Waals surface area contributed by atoms with Gasteiger partial charge in [0.25, 0.3) is 0 Å². The molecule has 4 nitrogen and oxygen atoms in total. The zero-order valence-electron chi connectivity index (χ0n) is 13.1. The van der Waals surface area contributed by atoms with E-state index in [4.69, 9.17) is 4.52 Å². The summed E-state index contributed by atoms with van der Waals surface area (Å²) < 4.78 is 5.37. The third kappa shape index (κ3) is 3.11. The van der Waals surface area contributed by atoms with Gasteiger partial charge in [0, 0.05) is 11.6 Å². The molecule has 1 saturated carbocycles. The van der Waals surface area contributed by atoms with Crippen LogP contribution in [0.25, 0.3) is 11.1 Å². The lowest BCUT2D eigenvalue weighted by molar-refractivity contribution is 0.363. The van der Waals surface area contributed by atoms with Crippen molar-refractivity contribution in [3.63, 3.8) is 0 Å². The summed E-state index contributed by atoms with van der Waals surface area (Å²) in [4.78, 5) is 4.49. The number of nitrogens with zero attached hydrogens (tertiary/aromatic N) is 2. The van der Waals surface area contributed by atoms with Gasteiger partial charge in [-0.1, -0.05) is 47.6 Å². The Balaban J connectivity index is 1.45. The zero-order chi connectivity index (χ0) is 15.6. The van der Waals surface area contributed by atoms with E-state index >= 15 is 0 Å². The maximum atomic E-state index is 5.37. The fourth-order valence-corrected chi connectivity index (χ4v) is 2.63. The van der Waals surface area contributed by atoms with E-state index in [0.29, 0.717) is 11.8 Å². The van der Waals surface area contributed by atoms with E-state index in [1.54, 1.807) is 0 Å². The van der Waals surface area contributed by atoms with Gasteiger partial charge >= 0.3 is 0 Å². The number of aromatic nitrogens is 2. The molecule has 116 valence electrons. The standard InChI is InChI=1S/C19H19N3O/c1-13(19-21-18(22-23-19)16-7-8-16)20-17-11-9-15(10-12-17)14-5-3-2-4-6-14/h2-6,9-13,16,20H,7-8H2,1H3. The Morgan fingerprint density at radius 2 is 1.70 bits per heavy atom. The van der Waals surface area contributed by atoms with Crippen LogP contribution in [0.15, 0.2) is 59.1 Å². The van der Waals surface area contributed by atoms with Crippen LogP contribution in [-0.4, -0.2) is 10.1 Å². The molecule has 0 saturated heterocycles. The topological polar surface area (TPSA) is 51.0 Å². The van der Waals surface area contributed by atoms with Gasteiger partial charge < -0.3 is 9.84 Å². The molecular formula is C19H19N3O. The Morgan fingerprint density at radius 1 is 1.00 bits per heavy atom. The third-order valence-corrected chi connectivity index (χ3v) is 4.15. The normalized spacial score (nSPS) is 15.3. The molecule has 2 aromatic carbocycles. The molecule has 1 atom stereocenters. The minimum atomic E-state index is -0.00225. The lowest BCUT2D eigenvalue weighted by atomic mass is 10.1. The number of anilines is 1. The first-order valence-electron chi connectivity index (χ1n) is 8.05. The summed E-state index contributed by atoms with van der Waals surface area (Å²) in [5, 5.41) is 7.48. The maximum absolute atomic E-state index is 5.37. The van der Waals surface area contributed by atoms with Gasteiger partial charge in [0.2, 0.25) is 5.89 Å². The molecule has 1 unspecified atom stereocenters. The molecule has 1 aliphatic carbocycles. The van der Waals surface area contributed by atoms with Crippen LogP contribution in [0, 0.1) is 0 Å². The van der Waals surface area contributed by atoms with E-state index < -0.39 is 0 Å². The first-order valence-corrected chi connectivity index (χ1v) is 8.05. The molecule has 0 amide bonds. The summed E-state index contributed by atoms with van der Waals surface area (Å²) in [6, 6.07) is 18.8. The molecule has 23 heavy (non-hydrogen) atoms. The molecule has 0 spiro atoms. The van der Waals surface area contributed by atoms with E-state index in [0.717, 1.165) is 11.5 Å². The van der Waals surface area contributed by atoms with Gasteiger partial charge in [-0.25, -0.2) is 0 Å². The van der Waals surface area contributed by atoms with Crippen molar-refractivity contribution in [1.82, 2.24) is 10.1 Å². The van der Waals surface area contributed by atoms with E-state index in [2.05, 4.69) is 64.0 Å². The Bertz CT molecular complexity index is 776. The monoisotopic (exact) mass is 305 g/mol. The average molecular weight is 305 g/mol. The van der Waals surface area contributed by atoms with Crippen LogP contribution in [0.3, 0.4) is 0 Å². The number of benzene rings is 2. The first-order chi connectivity index (χ1) is 11.3. The van der Waals surface area contributed by atoms with Crippen LogP contribution >= 0.6 is 0 Å². The highest BCUT2D eigenvalue weighted by molar-refractivity contribution is 5.65. The highest BCUT2D eigenvalue weighted by Crippen LogP contribution is 2.38. The maximum Gasteiger partial charge on any atom is 0.248 e. The quantitative estimate of drug-likeness (QED) is 0.736. The lowest BCUT2D eigenvalue weighted by Crippen LogP contribution is -2.07. The lowest BCUT2D eigenvalue weighted by Gasteiger charge is -2.11. The average Bonchev–Trinajstić information content (AvgIpc) is 3.33. The van der Waals surface area contributed by atoms with E-state index in [1.165, 1.54) is 24.0 Å². The number of hydrogen-bond donors (Lipinski definition) is 1. The van der Waals surface area contributed by atoms with Crippen LogP contribution in [0.1, 0.15) is 43.4 Å². The molecule has 0 bridgehead atoms. The molecule has 4 rings (SSSR count). The Kier molecular flexibility index (Phi) is 3.58. The van der Waals surface area contributed by atoms with Crippen molar-refractivity contribution >= 4 is 5.69 Å². The minimum Gasteiger partial charge on any atom is -0.374 e. The van der Waals surface area contributed by atoms with Crippen LogP contribution in [0.5, 0.6) is 0 Å². The summed E-state index contributed by atoms with van der Waals surface area (Å²) in [7, 11) is 0. The highest BCUT2D eigenvalue weighted by Gasteiger charge is 2.29. The smallest absolute Gasteiger partial charge is 0.248 e. The van der Waals surface area contributed by atoms with Crippen molar-refractivity contribution < 1.29 is 4.52 Å². The molecule has 1 heterocycles. The minimum absolute atomic E-state index is 0.00225. The Labute approximate surface area is 135 Å². The fraction of sp³-hybridized carbons (Fsp3) is 0.263. The van der Waals surface area contributed by atoms with Crippen LogP contribution < -0.4 is 5.32 Å². The van der Waals surface area contributed by atoms with E-state index in [-0.39, 0.29) is 6.04 Å². The molecular weight excluding hydrogens is 286 g/mol. The van der Waals surface area contributed by atoms with Gasteiger partial charge in [0.05, 0.1) is 0 Å². The van der Waals surface area contributed by atoms with Crippen molar-refractivity contribution in [2.24, 2.45) is 0 Å². The summed E-state index contributed by atoms with van der Waals surface area (Å²) in [6.07, 6.45) is 2.36. The third-order valence-electron chi connectivity index (χ3n) is 4.15. The van der Waals surface area contributed by atoms with Gasteiger partial charge in [-0.05, 0) is 43.0 Å². The van der Waals surface area contributed by atoms with Gasteiger partial charge in [0.1, 0.15) is 6.04 Å². The summed E-state index contributed by atoms with van der Waals surface area (Å²) in [6.45, 7) is 2.04. The van der Waals surface area contributed by atoms with Gasteiger partial charge in [-0.3, -0.25) is 0 Å². The molecule has 1 aromatic heterocycles. The van der Waals surface area contributed by atoms with Gasteiger partial charge in [0.15, 0.2) is 5.82 Å². The second-order valence-electron chi connectivity index (χ2n) is 6.07. The van der Waals surface area contributed by atoms with E-state index in [1.807, 2.05) is 13.0 Å². The van der Waals surface area contributed by atoms with Crippen LogP contribution in [0.2, 0.25) is 0 Å². The second-order valence-corrected chi connectivity index (χ2v) is 6.07. The van der Waals surface area contributed by atoms with Crippen LogP contribution in [0.4, 0.5) is 5.69 Å². The summed E-state index contributed by atoms with van der Waals surface area (Å²) >= 11 is 0. The predicted octanol–water partition coefficient (Wildman–Crippen LogP) is 4.79. The molecule has 0 aliphatic heterocycles. The molecule has 4 heteroatoms. The van der Waals surface area contributed by atoms with Crippen molar-refractivity contribution in [3.05, 3.63) is 66.3 Å². The number of hydrogen-bond acceptors (Lipinski definition) is 4. The largest absolute Gasteiger partial charge is 0.374 e. The highest BCUT2D eigenvalue weighted by atomic mass is 16.5. The zero-order valence-corrected chi connectivity index (χ0v) is 13.1. The second kappa shape index (κ2) is 5.88. The summed E-state index contributed by atoms with van der Waals surface area (Å²) in [5.74, 6) is 2.02. The summed E-state index contributed by atoms with van der Waals surface area (Å²) in [5.41, 5.74) is 3.47. The first kappa shape index (κ1) is 14.0. The number of nitrogens with one attached hydrogen (secondary N) is 1. The van der Waals surface area contributed by atoms with Crippen molar-refractivity contribution in [2.75, 3.05) is 5.32 Å². The van der Waals surface area contributed by atoms with E-state index in [9.17, 15) is 0 Å². The van der Waals surface area contributed by atoms with Crippen LogP contribution in [-0.2, 0) is 0 Å². The molecule has 0 radical (unpaired) electrons. The van der Waals surface area contributed by atoms with Gasteiger partial charge in [-0.15, -0.1) is 0 Å². The van der Waals surface area contributed by atoms with Gasteiger partial charge in [-0.2, -0.15) is 4.98 Å². The van der Waals surface area contributed by atoms with Crippen molar-refractivity contribution in [3.8, 4) is 11.1 Å². The predicted molar refractivity (Wildman–Crippen MR) is 90.2 cm³/mol. The molecule has 3 aromatic rings. The fourth-order valence-electron chi connectivity index (χ4n) is 2.63. The Hall–Kier alpha value is -2.62. The Morgan fingerprint density at radius 3 is 2.39 bits per heavy atom. The molecule has 1 aliphatic rings. The number of rotatable bonds is 5. The van der Waals surface area contributed by atoms with Crippen molar-refractivity contribution in [2.45, 2.75) is 31.7 Å². The molecule has 1 N–H and O–H groups in total. The van der Waals surface area contributed by atoms with Crippen molar-refractivity contribution in [1.29, 1.82) is 0 Å². The SMILES string of the molecule is CC(Nc1ccc(-c2ccccc2)cc1)c1nc(C2CC2)no1.